The van der Waals surface area contributed by atoms with Gasteiger partial charge in [-0.1, -0.05) is 30.3 Å². The molecule has 0 aliphatic rings. The van der Waals surface area contributed by atoms with Gasteiger partial charge in [-0.25, -0.2) is 9.97 Å². The molecule has 1 N–H and O–H groups in total. The van der Waals surface area contributed by atoms with Gasteiger partial charge >= 0.3 is 0 Å². The highest BCUT2D eigenvalue weighted by Gasteiger charge is 2.14. The van der Waals surface area contributed by atoms with E-state index in [1.165, 1.54) is 10.4 Å². The third-order valence-corrected chi connectivity index (χ3v) is 4.99. The minimum atomic E-state index is -0.00810. The normalized spacial score (nSPS) is 12.5. The number of nitrogens with zero attached hydrogens (tertiary/aromatic N) is 2. The number of aryl methyl sites for hydroxylation is 2. The van der Waals surface area contributed by atoms with Gasteiger partial charge in [0.1, 0.15) is 17.0 Å². The van der Waals surface area contributed by atoms with Gasteiger partial charge in [0.05, 0.1) is 11.5 Å². The summed E-state index contributed by atoms with van der Waals surface area (Å²) in [5, 5.41) is 4.54. The summed E-state index contributed by atoms with van der Waals surface area (Å²) < 4.78 is 5.60. The van der Waals surface area contributed by atoms with E-state index in [4.69, 9.17) is 4.74 Å². The molecule has 1 atom stereocenters. The Morgan fingerprint density at radius 3 is 2.68 bits per heavy atom. The van der Waals surface area contributed by atoms with E-state index in [9.17, 15) is 0 Å². The fourth-order valence-electron chi connectivity index (χ4n) is 2.51. The van der Waals surface area contributed by atoms with E-state index >= 15 is 0 Å². The minimum Gasteiger partial charge on any atom is -0.375 e. The SMILES string of the molecule is COC(CNc1ncnc2sc(C)c(C)c12)c1ccccc1. The Labute approximate surface area is 134 Å². The fraction of sp³-hybridized carbons (Fsp3) is 0.294. The largest absolute Gasteiger partial charge is 0.375 e. The number of hydrogen-bond acceptors (Lipinski definition) is 5. The fourth-order valence-corrected chi connectivity index (χ4v) is 3.51. The molecule has 5 heteroatoms. The van der Waals surface area contributed by atoms with Crippen LogP contribution < -0.4 is 5.32 Å². The molecule has 0 bridgehead atoms. The van der Waals surface area contributed by atoms with Gasteiger partial charge in [0.25, 0.3) is 0 Å². The van der Waals surface area contributed by atoms with Crippen LogP contribution in [0.2, 0.25) is 0 Å². The zero-order valence-electron chi connectivity index (χ0n) is 13.0. The van der Waals surface area contributed by atoms with Crippen LogP contribution in [0.25, 0.3) is 10.2 Å². The predicted octanol–water partition coefficient (Wildman–Crippen LogP) is 4.11. The van der Waals surface area contributed by atoms with Crippen LogP contribution in [0.5, 0.6) is 0 Å². The molecule has 0 saturated heterocycles. The van der Waals surface area contributed by atoms with Gasteiger partial charge in [0, 0.05) is 18.5 Å². The zero-order chi connectivity index (χ0) is 15.5. The standard InChI is InChI=1S/C17H19N3OS/c1-11-12(2)22-17-15(11)16(19-10-20-17)18-9-14(21-3)13-7-5-4-6-8-13/h4-8,10,14H,9H2,1-3H3,(H,18,19,20). The molecule has 2 aromatic heterocycles. The molecule has 1 aromatic carbocycles. The summed E-state index contributed by atoms with van der Waals surface area (Å²) in [4.78, 5) is 11.1. The first kappa shape index (κ1) is 14.9. The van der Waals surface area contributed by atoms with E-state index in [2.05, 4.69) is 41.3 Å². The molecule has 0 aliphatic heterocycles. The van der Waals surface area contributed by atoms with Crippen molar-refractivity contribution in [2.45, 2.75) is 20.0 Å². The number of anilines is 1. The van der Waals surface area contributed by atoms with Gasteiger partial charge in [0.15, 0.2) is 0 Å². The molecule has 0 fully saturated rings. The minimum absolute atomic E-state index is 0.00810. The smallest absolute Gasteiger partial charge is 0.138 e. The maximum atomic E-state index is 5.60. The molecule has 0 amide bonds. The second-order valence-electron chi connectivity index (χ2n) is 5.20. The van der Waals surface area contributed by atoms with Gasteiger partial charge < -0.3 is 10.1 Å². The highest BCUT2D eigenvalue weighted by molar-refractivity contribution is 7.18. The third-order valence-electron chi connectivity index (χ3n) is 3.88. The van der Waals surface area contributed by atoms with Crippen molar-refractivity contribution in [3.63, 3.8) is 0 Å². The maximum Gasteiger partial charge on any atom is 0.138 e. The second kappa shape index (κ2) is 6.42. The van der Waals surface area contributed by atoms with E-state index in [1.807, 2.05) is 18.2 Å². The molecule has 4 nitrogen and oxygen atoms in total. The lowest BCUT2D eigenvalue weighted by atomic mass is 10.1. The van der Waals surface area contributed by atoms with E-state index < -0.39 is 0 Å². The van der Waals surface area contributed by atoms with Crippen molar-refractivity contribution in [3.05, 3.63) is 52.7 Å². The number of methoxy groups -OCH3 is 1. The molecule has 0 aliphatic carbocycles. The van der Waals surface area contributed by atoms with Crippen molar-refractivity contribution in [1.82, 2.24) is 9.97 Å². The topological polar surface area (TPSA) is 47.0 Å². The number of nitrogens with one attached hydrogen (secondary N) is 1. The van der Waals surface area contributed by atoms with Gasteiger partial charge in [-0.2, -0.15) is 0 Å². The summed E-state index contributed by atoms with van der Waals surface area (Å²) in [5.74, 6) is 0.879. The molecular weight excluding hydrogens is 294 g/mol. The second-order valence-corrected chi connectivity index (χ2v) is 6.40. The van der Waals surface area contributed by atoms with Crippen molar-refractivity contribution in [2.24, 2.45) is 0 Å². The predicted molar refractivity (Wildman–Crippen MR) is 91.6 cm³/mol. The molecular formula is C17H19N3OS. The van der Waals surface area contributed by atoms with Crippen LogP contribution in [0.15, 0.2) is 36.7 Å². The van der Waals surface area contributed by atoms with Crippen LogP contribution in [0.1, 0.15) is 22.1 Å². The van der Waals surface area contributed by atoms with Crippen LogP contribution >= 0.6 is 11.3 Å². The summed E-state index contributed by atoms with van der Waals surface area (Å²) in [6.07, 6.45) is 1.61. The third kappa shape index (κ3) is 2.82. The summed E-state index contributed by atoms with van der Waals surface area (Å²) >= 11 is 1.71. The number of ether oxygens (including phenoxy) is 1. The Morgan fingerprint density at radius 2 is 1.95 bits per heavy atom. The number of hydrogen-bond donors (Lipinski definition) is 1. The molecule has 1 unspecified atom stereocenters. The Balaban J connectivity index is 1.84. The van der Waals surface area contributed by atoms with Crippen LogP contribution in [0.3, 0.4) is 0 Å². The lowest BCUT2D eigenvalue weighted by Gasteiger charge is -2.17. The Morgan fingerprint density at radius 1 is 1.18 bits per heavy atom. The number of rotatable bonds is 5. The van der Waals surface area contributed by atoms with Crippen molar-refractivity contribution >= 4 is 27.4 Å². The molecule has 2 heterocycles. The molecule has 3 aromatic rings. The molecule has 0 saturated carbocycles. The average molecular weight is 313 g/mol. The molecule has 114 valence electrons. The first-order chi connectivity index (χ1) is 10.7. The average Bonchev–Trinajstić information content (AvgIpc) is 2.84. The van der Waals surface area contributed by atoms with Crippen LogP contribution in [-0.2, 0) is 4.74 Å². The summed E-state index contributed by atoms with van der Waals surface area (Å²) in [6, 6.07) is 10.2. The number of benzene rings is 1. The van der Waals surface area contributed by atoms with Crippen molar-refractivity contribution in [2.75, 3.05) is 19.0 Å². The van der Waals surface area contributed by atoms with Crippen LogP contribution in [0.4, 0.5) is 5.82 Å². The Bertz CT molecular complexity index is 770. The zero-order valence-corrected chi connectivity index (χ0v) is 13.8. The van der Waals surface area contributed by atoms with Crippen molar-refractivity contribution < 1.29 is 4.74 Å². The van der Waals surface area contributed by atoms with E-state index in [-0.39, 0.29) is 6.10 Å². The van der Waals surface area contributed by atoms with Gasteiger partial charge in [-0.3, -0.25) is 0 Å². The number of thiophene rings is 1. The lowest BCUT2D eigenvalue weighted by Crippen LogP contribution is -2.15. The lowest BCUT2D eigenvalue weighted by molar-refractivity contribution is 0.114. The van der Waals surface area contributed by atoms with Crippen molar-refractivity contribution in [3.8, 4) is 0 Å². The van der Waals surface area contributed by atoms with Gasteiger partial charge in [-0.15, -0.1) is 11.3 Å². The summed E-state index contributed by atoms with van der Waals surface area (Å²) in [5.41, 5.74) is 2.40. The first-order valence-corrected chi connectivity index (χ1v) is 8.04. The summed E-state index contributed by atoms with van der Waals surface area (Å²) in [6.45, 7) is 4.90. The van der Waals surface area contributed by atoms with Gasteiger partial charge in [0.2, 0.25) is 0 Å². The number of aromatic nitrogens is 2. The highest BCUT2D eigenvalue weighted by Crippen LogP contribution is 2.32. The van der Waals surface area contributed by atoms with Crippen LogP contribution in [-0.4, -0.2) is 23.6 Å². The molecule has 22 heavy (non-hydrogen) atoms. The molecule has 3 rings (SSSR count). The maximum absolute atomic E-state index is 5.60. The Kier molecular flexibility index (Phi) is 4.36. The summed E-state index contributed by atoms with van der Waals surface area (Å²) in [7, 11) is 1.73. The van der Waals surface area contributed by atoms with Gasteiger partial charge in [-0.05, 0) is 25.0 Å². The van der Waals surface area contributed by atoms with E-state index in [1.54, 1.807) is 24.8 Å². The Hall–Kier alpha value is -1.98. The van der Waals surface area contributed by atoms with E-state index in [0.29, 0.717) is 6.54 Å². The quantitative estimate of drug-likeness (QED) is 0.770. The number of fused-ring (bicyclic) bond motifs is 1. The highest BCUT2D eigenvalue weighted by atomic mass is 32.1. The van der Waals surface area contributed by atoms with Crippen LogP contribution in [0, 0.1) is 13.8 Å². The molecule has 0 radical (unpaired) electrons. The van der Waals surface area contributed by atoms with Crippen molar-refractivity contribution in [1.29, 1.82) is 0 Å². The molecule has 0 spiro atoms. The first-order valence-electron chi connectivity index (χ1n) is 7.23. The monoisotopic (exact) mass is 313 g/mol. The van der Waals surface area contributed by atoms with E-state index in [0.717, 1.165) is 21.6 Å².